The summed E-state index contributed by atoms with van der Waals surface area (Å²) < 4.78 is 10.9. The molecule has 2 saturated heterocycles. The van der Waals surface area contributed by atoms with Crippen LogP contribution in [0.15, 0.2) is 0 Å². The summed E-state index contributed by atoms with van der Waals surface area (Å²) in [7, 11) is 0. The molecule has 0 aromatic heterocycles. The van der Waals surface area contributed by atoms with Crippen molar-refractivity contribution in [2.45, 2.75) is 39.2 Å². The number of carbonyl (C=O) groups excluding carboxylic acids is 2. The van der Waals surface area contributed by atoms with Gasteiger partial charge in [-0.3, -0.25) is 9.59 Å². The van der Waals surface area contributed by atoms with Gasteiger partial charge in [0.1, 0.15) is 0 Å². The average molecular weight is 267 g/mol. The average Bonchev–Trinajstić information content (AvgIpc) is 2.69. The van der Waals surface area contributed by atoms with E-state index in [9.17, 15) is 9.59 Å². The SMILES string of the molecule is CC12CCC(C(=O)N3CCOCC3)(OC1=O)C2(C)C. The molecule has 0 N–H and O–H groups in total. The van der Waals surface area contributed by atoms with E-state index in [0.717, 1.165) is 6.42 Å². The lowest BCUT2D eigenvalue weighted by atomic mass is 9.66. The molecule has 0 spiro atoms. The zero-order valence-corrected chi connectivity index (χ0v) is 11.8. The van der Waals surface area contributed by atoms with Crippen molar-refractivity contribution >= 4 is 11.9 Å². The van der Waals surface area contributed by atoms with Gasteiger partial charge >= 0.3 is 5.97 Å². The fraction of sp³-hybridized carbons (Fsp3) is 0.857. The van der Waals surface area contributed by atoms with Gasteiger partial charge in [0.15, 0.2) is 5.60 Å². The van der Waals surface area contributed by atoms with Crippen molar-refractivity contribution in [3.63, 3.8) is 0 Å². The summed E-state index contributed by atoms with van der Waals surface area (Å²) in [6.45, 7) is 8.21. The summed E-state index contributed by atoms with van der Waals surface area (Å²) in [6, 6.07) is 0. The maximum Gasteiger partial charge on any atom is 0.313 e. The molecule has 2 heterocycles. The third kappa shape index (κ3) is 1.34. The number of ether oxygens (including phenoxy) is 2. The van der Waals surface area contributed by atoms with Gasteiger partial charge in [0.05, 0.1) is 18.6 Å². The Balaban J connectivity index is 1.95. The molecule has 5 nitrogen and oxygen atoms in total. The summed E-state index contributed by atoms with van der Waals surface area (Å²) in [5.41, 5.74) is -1.95. The second kappa shape index (κ2) is 3.72. The van der Waals surface area contributed by atoms with Crippen LogP contribution in [0.5, 0.6) is 0 Å². The van der Waals surface area contributed by atoms with E-state index in [4.69, 9.17) is 9.47 Å². The quantitative estimate of drug-likeness (QED) is 0.664. The molecular formula is C14H21NO4. The van der Waals surface area contributed by atoms with Crippen LogP contribution in [0.3, 0.4) is 0 Å². The first-order chi connectivity index (χ1) is 8.85. The van der Waals surface area contributed by atoms with E-state index in [2.05, 4.69) is 0 Å². The van der Waals surface area contributed by atoms with Crippen LogP contribution in [0.1, 0.15) is 33.6 Å². The molecule has 19 heavy (non-hydrogen) atoms. The van der Waals surface area contributed by atoms with Gasteiger partial charge in [-0.1, -0.05) is 13.8 Å². The molecule has 2 bridgehead atoms. The smallest absolute Gasteiger partial charge is 0.313 e. The molecule has 0 aromatic rings. The number of hydrogen-bond donors (Lipinski definition) is 0. The predicted molar refractivity (Wildman–Crippen MR) is 67.3 cm³/mol. The third-order valence-electron chi connectivity index (χ3n) is 5.73. The van der Waals surface area contributed by atoms with E-state index in [1.165, 1.54) is 0 Å². The Morgan fingerprint density at radius 2 is 1.79 bits per heavy atom. The maximum atomic E-state index is 12.9. The van der Waals surface area contributed by atoms with Crippen LogP contribution < -0.4 is 0 Å². The van der Waals surface area contributed by atoms with Gasteiger partial charge in [0.25, 0.3) is 5.91 Å². The minimum absolute atomic E-state index is 0.0321. The largest absolute Gasteiger partial charge is 0.448 e. The summed E-state index contributed by atoms with van der Waals surface area (Å²) in [5.74, 6) is -0.249. The van der Waals surface area contributed by atoms with E-state index < -0.39 is 16.4 Å². The zero-order chi connectivity index (χ0) is 13.9. The second-order valence-corrected chi connectivity index (χ2v) is 6.58. The lowest BCUT2D eigenvalue weighted by Gasteiger charge is -2.40. The van der Waals surface area contributed by atoms with Crippen molar-refractivity contribution in [3.05, 3.63) is 0 Å². The third-order valence-corrected chi connectivity index (χ3v) is 5.73. The van der Waals surface area contributed by atoms with Crippen LogP contribution in [0.2, 0.25) is 0 Å². The van der Waals surface area contributed by atoms with Gasteiger partial charge in [-0.25, -0.2) is 0 Å². The molecule has 3 rings (SSSR count). The number of hydrogen-bond acceptors (Lipinski definition) is 4. The predicted octanol–water partition coefficient (Wildman–Crippen LogP) is 0.967. The zero-order valence-electron chi connectivity index (χ0n) is 11.8. The summed E-state index contributed by atoms with van der Waals surface area (Å²) in [5, 5.41) is 0. The number of amides is 1. The van der Waals surface area contributed by atoms with Gasteiger partial charge in [-0.05, 0) is 19.8 Å². The maximum absolute atomic E-state index is 12.9. The summed E-state index contributed by atoms with van der Waals surface area (Å²) in [6.07, 6.45) is 1.37. The Morgan fingerprint density at radius 3 is 2.26 bits per heavy atom. The van der Waals surface area contributed by atoms with E-state index in [1.807, 2.05) is 20.8 Å². The first-order valence-corrected chi connectivity index (χ1v) is 6.96. The van der Waals surface area contributed by atoms with Crippen molar-refractivity contribution < 1.29 is 19.1 Å². The second-order valence-electron chi connectivity index (χ2n) is 6.58. The first-order valence-electron chi connectivity index (χ1n) is 6.96. The Labute approximate surface area is 113 Å². The Kier molecular flexibility index (Phi) is 2.53. The molecular weight excluding hydrogens is 246 g/mol. The van der Waals surface area contributed by atoms with Crippen LogP contribution in [0.25, 0.3) is 0 Å². The summed E-state index contributed by atoms with van der Waals surface area (Å²) >= 11 is 0. The molecule has 5 heteroatoms. The van der Waals surface area contributed by atoms with Crippen molar-refractivity contribution in [1.29, 1.82) is 0 Å². The molecule has 106 valence electrons. The first kappa shape index (κ1) is 12.9. The molecule has 2 unspecified atom stereocenters. The van der Waals surface area contributed by atoms with Crippen LogP contribution >= 0.6 is 0 Å². The molecule has 1 amide bonds. The number of carbonyl (C=O) groups is 2. The number of esters is 1. The molecule has 1 saturated carbocycles. The van der Waals surface area contributed by atoms with Crippen molar-refractivity contribution in [2.24, 2.45) is 10.8 Å². The lowest BCUT2D eigenvalue weighted by Crippen LogP contribution is -2.57. The summed E-state index contributed by atoms with van der Waals surface area (Å²) in [4.78, 5) is 26.8. The molecule has 0 radical (unpaired) electrons. The fourth-order valence-corrected chi connectivity index (χ4v) is 3.74. The van der Waals surface area contributed by atoms with E-state index >= 15 is 0 Å². The van der Waals surface area contributed by atoms with Crippen molar-refractivity contribution in [2.75, 3.05) is 26.3 Å². The minimum atomic E-state index is -0.962. The van der Waals surface area contributed by atoms with Gasteiger partial charge in [0, 0.05) is 18.5 Å². The fourth-order valence-electron chi connectivity index (χ4n) is 3.74. The molecule has 0 aromatic carbocycles. The number of rotatable bonds is 1. The highest BCUT2D eigenvalue weighted by atomic mass is 16.6. The lowest BCUT2D eigenvalue weighted by molar-refractivity contribution is -0.176. The van der Waals surface area contributed by atoms with Crippen molar-refractivity contribution in [1.82, 2.24) is 4.90 Å². The number of fused-ring (bicyclic) bond motifs is 2. The van der Waals surface area contributed by atoms with Crippen molar-refractivity contribution in [3.8, 4) is 0 Å². The molecule has 2 aliphatic heterocycles. The van der Waals surface area contributed by atoms with Crippen LogP contribution in [-0.4, -0.2) is 48.7 Å². The van der Waals surface area contributed by atoms with Gasteiger partial charge in [0.2, 0.25) is 0 Å². The highest BCUT2D eigenvalue weighted by Gasteiger charge is 2.76. The molecule has 3 fully saturated rings. The van der Waals surface area contributed by atoms with Crippen LogP contribution in [0, 0.1) is 10.8 Å². The monoisotopic (exact) mass is 267 g/mol. The highest BCUT2D eigenvalue weighted by Crippen LogP contribution is 2.65. The molecule has 1 aliphatic carbocycles. The molecule has 3 aliphatic rings. The normalized spacial score (nSPS) is 40.4. The Hall–Kier alpha value is -1.10. The van der Waals surface area contributed by atoms with Crippen LogP contribution in [-0.2, 0) is 19.1 Å². The number of nitrogens with zero attached hydrogens (tertiary/aromatic N) is 1. The topological polar surface area (TPSA) is 55.8 Å². The Bertz CT molecular complexity index is 441. The standard InChI is InChI=1S/C14H21NO4/c1-12(2)13(3)4-5-14(12,19-11(13)17)10(16)15-6-8-18-9-7-15/h4-9H2,1-3H3. The van der Waals surface area contributed by atoms with E-state index in [-0.39, 0.29) is 11.9 Å². The van der Waals surface area contributed by atoms with E-state index in [1.54, 1.807) is 4.90 Å². The molecule has 2 atom stereocenters. The van der Waals surface area contributed by atoms with Gasteiger partial charge in [-0.15, -0.1) is 0 Å². The van der Waals surface area contributed by atoms with Gasteiger partial charge < -0.3 is 14.4 Å². The Morgan fingerprint density at radius 1 is 1.16 bits per heavy atom. The highest BCUT2D eigenvalue weighted by molar-refractivity contribution is 5.96. The van der Waals surface area contributed by atoms with E-state index in [0.29, 0.717) is 32.7 Å². The minimum Gasteiger partial charge on any atom is -0.448 e. The van der Waals surface area contributed by atoms with Crippen LogP contribution in [0.4, 0.5) is 0 Å². The van der Waals surface area contributed by atoms with Gasteiger partial charge in [-0.2, -0.15) is 0 Å². The number of morpholine rings is 1.